The number of aliphatic hydroxyl groups excluding tert-OH is 2. The fourth-order valence-electron chi connectivity index (χ4n) is 11.9. The Morgan fingerprint density at radius 2 is 0.566 bits per heavy atom. The van der Waals surface area contributed by atoms with Gasteiger partial charge in [-0.3, -0.25) is 9.59 Å². The zero-order valence-corrected chi connectivity index (χ0v) is 56.2. The normalized spacial score (nSPS) is 12.7. The molecule has 0 saturated heterocycles. The second-order valence-electron chi connectivity index (χ2n) is 26.0. The summed E-state index contributed by atoms with van der Waals surface area (Å²) in [5.41, 5.74) is 0. The van der Waals surface area contributed by atoms with Gasteiger partial charge < -0.3 is 20.3 Å². The highest BCUT2D eigenvalue weighted by Gasteiger charge is 2.18. The number of aliphatic hydroxyl groups is 2. The Morgan fingerprint density at radius 1 is 0.325 bits per heavy atom. The summed E-state index contributed by atoms with van der Waals surface area (Å²) in [6, 6.07) is -0.630. The van der Waals surface area contributed by atoms with Crippen LogP contribution in [0.1, 0.15) is 418 Å². The average Bonchev–Trinajstić information content (AvgIpc) is 3.49. The van der Waals surface area contributed by atoms with Crippen molar-refractivity contribution in [1.82, 2.24) is 5.32 Å². The number of nitrogens with one attached hydrogen (secondary N) is 1. The highest BCUT2D eigenvalue weighted by molar-refractivity contribution is 5.76. The average molecular weight is 1170 g/mol. The molecular formula is C77H147NO5. The molecule has 3 N–H and O–H groups in total. The number of carbonyl (C=O) groups excluding carboxylic acids is 2. The Bertz CT molecular complexity index is 1340. The van der Waals surface area contributed by atoms with Crippen LogP contribution in [0.15, 0.2) is 36.5 Å². The number of amides is 1. The Labute approximate surface area is 519 Å². The van der Waals surface area contributed by atoms with Crippen molar-refractivity contribution in [3.05, 3.63) is 36.5 Å². The maximum Gasteiger partial charge on any atom is 0.305 e. The molecule has 0 fully saturated rings. The lowest BCUT2D eigenvalue weighted by atomic mass is 10.0. The topological polar surface area (TPSA) is 95.9 Å². The van der Waals surface area contributed by atoms with Gasteiger partial charge in [0.1, 0.15) is 0 Å². The summed E-state index contributed by atoms with van der Waals surface area (Å²) in [5.74, 6) is -0.0523. The summed E-state index contributed by atoms with van der Waals surface area (Å²) in [7, 11) is 0. The van der Waals surface area contributed by atoms with E-state index in [0.717, 1.165) is 44.9 Å². The summed E-state index contributed by atoms with van der Waals surface area (Å²) >= 11 is 0. The number of hydrogen-bond acceptors (Lipinski definition) is 5. The van der Waals surface area contributed by atoms with Gasteiger partial charge in [-0.05, 0) is 83.5 Å². The molecule has 0 aliphatic rings. The summed E-state index contributed by atoms with van der Waals surface area (Å²) in [6.07, 6.45) is 93.8. The number of rotatable bonds is 71. The molecule has 0 aliphatic carbocycles. The molecule has 0 saturated carbocycles. The van der Waals surface area contributed by atoms with Gasteiger partial charge in [0.15, 0.2) is 0 Å². The molecule has 6 heteroatoms. The predicted molar refractivity (Wildman–Crippen MR) is 366 cm³/mol. The van der Waals surface area contributed by atoms with E-state index in [9.17, 15) is 19.8 Å². The number of allylic oxidation sites excluding steroid dienone is 5. The molecule has 1 amide bonds. The first kappa shape index (κ1) is 81.1. The number of ether oxygens (including phenoxy) is 1. The lowest BCUT2D eigenvalue weighted by Crippen LogP contribution is -2.45. The van der Waals surface area contributed by atoms with Crippen LogP contribution in [0, 0.1) is 0 Å². The monoisotopic (exact) mass is 1170 g/mol. The molecule has 0 aliphatic heterocycles. The van der Waals surface area contributed by atoms with Crippen molar-refractivity contribution in [2.75, 3.05) is 13.2 Å². The first-order valence-electron chi connectivity index (χ1n) is 37.8. The van der Waals surface area contributed by atoms with Crippen LogP contribution in [0.3, 0.4) is 0 Å². The molecule has 0 bridgehead atoms. The highest BCUT2D eigenvalue weighted by atomic mass is 16.5. The van der Waals surface area contributed by atoms with Crippen LogP contribution < -0.4 is 5.32 Å². The number of esters is 1. The second kappa shape index (κ2) is 72.6. The standard InChI is InChI=1S/C77H147NO5/c1-3-5-7-9-11-13-15-17-19-21-23-31-34-37-41-45-49-53-57-61-65-69-75(80)74(73-79)78-76(81)70-66-62-58-54-50-46-42-38-35-32-29-27-25-24-26-28-30-33-36-40-44-48-52-56-60-64-68-72-83-77(82)71-67-63-59-55-51-47-43-39-22-20-18-16-14-12-10-8-6-4-2/h20,22,24-25,65,69,74-75,79-80H,3-19,21,23,26-64,66-68,70-73H2,1-2H3,(H,78,81)/b22-20-,25-24-,69-65+. The minimum atomic E-state index is -0.846. The third-order valence-electron chi connectivity index (χ3n) is 17.6. The van der Waals surface area contributed by atoms with Gasteiger partial charge in [-0.25, -0.2) is 0 Å². The van der Waals surface area contributed by atoms with Crippen molar-refractivity contribution in [2.45, 2.75) is 431 Å². The molecule has 0 heterocycles. The zero-order valence-electron chi connectivity index (χ0n) is 56.2. The van der Waals surface area contributed by atoms with Crippen LogP contribution in [0.4, 0.5) is 0 Å². The largest absolute Gasteiger partial charge is 0.466 e. The zero-order chi connectivity index (χ0) is 59.9. The van der Waals surface area contributed by atoms with E-state index in [2.05, 4.69) is 43.5 Å². The molecule has 0 rings (SSSR count). The van der Waals surface area contributed by atoms with E-state index in [1.54, 1.807) is 6.08 Å². The molecule has 0 spiro atoms. The minimum absolute atomic E-state index is 0.0126. The van der Waals surface area contributed by atoms with Crippen molar-refractivity contribution in [3.63, 3.8) is 0 Å². The lowest BCUT2D eigenvalue weighted by molar-refractivity contribution is -0.143. The molecule has 0 aromatic heterocycles. The maximum atomic E-state index is 12.5. The van der Waals surface area contributed by atoms with E-state index in [1.165, 1.54) is 347 Å². The second-order valence-corrected chi connectivity index (χ2v) is 26.0. The molecular weight excluding hydrogens is 1020 g/mol. The SMILES string of the molecule is CCCCCCCCC/C=C\CCCCCCCCCC(=O)OCCCCCCCCCCCCCC/C=C\CCCCCCCCCCCCCC(=O)NC(CO)C(O)/C=C/CCCCCCCCCCCCCCCCCCCCC. The molecule has 0 aromatic carbocycles. The lowest BCUT2D eigenvalue weighted by Gasteiger charge is -2.20. The van der Waals surface area contributed by atoms with Crippen molar-refractivity contribution in [2.24, 2.45) is 0 Å². The van der Waals surface area contributed by atoms with Crippen LogP contribution in [0.25, 0.3) is 0 Å². The minimum Gasteiger partial charge on any atom is -0.466 e. The van der Waals surface area contributed by atoms with Crippen molar-refractivity contribution >= 4 is 11.9 Å². The van der Waals surface area contributed by atoms with E-state index in [1.807, 2.05) is 6.08 Å². The summed E-state index contributed by atoms with van der Waals surface area (Å²) in [5, 5.41) is 23.3. The van der Waals surface area contributed by atoms with Crippen LogP contribution >= 0.6 is 0 Å². The van der Waals surface area contributed by atoms with Gasteiger partial charge in [0.25, 0.3) is 0 Å². The Morgan fingerprint density at radius 3 is 0.855 bits per heavy atom. The fraction of sp³-hybridized carbons (Fsp3) is 0.896. The van der Waals surface area contributed by atoms with E-state index in [0.29, 0.717) is 19.4 Å². The smallest absolute Gasteiger partial charge is 0.305 e. The molecule has 0 aromatic rings. The quantitative estimate of drug-likeness (QED) is 0.0320. The van der Waals surface area contributed by atoms with Gasteiger partial charge in [-0.15, -0.1) is 0 Å². The van der Waals surface area contributed by atoms with Gasteiger partial charge in [-0.1, -0.05) is 359 Å². The molecule has 83 heavy (non-hydrogen) atoms. The molecule has 2 atom stereocenters. The number of unbranched alkanes of at least 4 members (excludes halogenated alkanes) is 56. The van der Waals surface area contributed by atoms with Gasteiger partial charge >= 0.3 is 5.97 Å². The first-order chi connectivity index (χ1) is 41.0. The van der Waals surface area contributed by atoms with E-state index in [4.69, 9.17) is 4.74 Å². The number of carbonyl (C=O) groups is 2. The van der Waals surface area contributed by atoms with E-state index >= 15 is 0 Å². The van der Waals surface area contributed by atoms with Gasteiger partial charge in [0, 0.05) is 12.8 Å². The van der Waals surface area contributed by atoms with Gasteiger partial charge in [-0.2, -0.15) is 0 Å². The fourth-order valence-corrected chi connectivity index (χ4v) is 11.9. The maximum absolute atomic E-state index is 12.5. The predicted octanol–water partition coefficient (Wildman–Crippen LogP) is 24.7. The Kier molecular flexibility index (Phi) is 70.9. The van der Waals surface area contributed by atoms with Crippen molar-refractivity contribution in [1.29, 1.82) is 0 Å². The third-order valence-corrected chi connectivity index (χ3v) is 17.6. The van der Waals surface area contributed by atoms with Gasteiger partial charge in [0.05, 0.1) is 25.4 Å². The van der Waals surface area contributed by atoms with Crippen molar-refractivity contribution in [3.8, 4) is 0 Å². The third kappa shape index (κ3) is 69.1. The van der Waals surface area contributed by atoms with E-state index in [-0.39, 0.29) is 18.5 Å². The van der Waals surface area contributed by atoms with Crippen molar-refractivity contribution < 1.29 is 24.5 Å². The molecule has 6 nitrogen and oxygen atoms in total. The van der Waals surface area contributed by atoms with Crippen LogP contribution in [-0.4, -0.2) is 47.4 Å². The summed E-state index contributed by atoms with van der Waals surface area (Å²) in [6.45, 7) is 4.94. The van der Waals surface area contributed by atoms with E-state index < -0.39 is 12.1 Å². The molecule has 2 unspecified atom stereocenters. The first-order valence-corrected chi connectivity index (χ1v) is 37.8. The van der Waals surface area contributed by atoms with Crippen LogP contribution in [-0.2, 0) is 14.3 Å². The Balaban J connectivity index is 3.40. The molecule has 490 valence electrons. The van der Waals surface area contributed by atoms with Crippen LogP contribution in [0.5, 0.6) is 0 Å². The highest BCUT2D eigenvalue weighted by Crippen LogP contribution is 2.19. The van der Waals surface area contributed by atoms with Crippen LogP contribution in [0.2, 0.25) is 0 Å². The number of hydrogen-bond donors (Lipinski definition) is 3. The van der Waals surface area contributed by atoms with Gasteiger partial charge in [0.2, 0.25) is 5.91 Å². The summed E-state index contributed by atoms with van der Waals surface area (Å²) < 4.78 is 5.51. The Hall–Kier alpha value is -1.92. The summed E-state index contributed by atoms with van der Waals surface area (Å²) in [4.78, 5) is 24.6. The molecule has 0 radical (unpaired) electrons.